The molecule has 0 fully saturated rings. The summed E-state index contributed by atoms with van der Waals surface area (Å²) in [6, 6.07) is 10.2. The monoisotopic (exact) mass is 298 g/mol. The fraction of sp³-hybridized carbons (Fsp3) is 0.250. The van der Waals surface area contributed by atoms with E-state index in [-0.39, 0.29) is 5.96 Å². The van der Waals surface area contributed by atoms with Gasteiger partial charge < -0.3 is 15.6 Å². The van der Waals surface area contributed by atoms with Crippen molar-refractivity contribution in [3.05, 3.63) is 48.3 Å². The van der Waals surface area contributed by atoms with E-state index in [0.717, 1.165) is 29.9 Å². The molecule has 1 heterocycles. The summed E-state index contributed by atoms with van der Waals surface area (Å²) < 4.78 is 2.03. The normalized spacial score (nSPS) is 10.8. The highest BCUT2D eigenvalue weighted by atomic mass is 15.3. The minimum Gasteiger partial charge on any atom is -0.385 e. The van der Waals surface area contributed by atoms with E-state index in [1.807, 2.05) is 29.1 Å². The molecule has 116 valence electrons. The Kier molecular flexibility index (Phi) is 5.59. The van der Waals surface area contributed by atoms with Gasteiger partial charge in [-0.05, 0) is 30.7 Å². The lowest BCUT2D eigenvalue weighted by atomic mass is 10.2. The number of hydrazone groups is 1. The largest absolute Gasteiger partial charge is 0.385 e. The Labute approximate surface area is 130 Å². The molecule has 0 radical (unpaired) electrons. The molecule has 5 N–H and O–H groups in total. The molecule has 22 heavy (non-hydrogen) atoms. The van der Waals surface area contributed by atoms with Crippen LogP contribution in [-0.4, -0.2) is 23.3 Å². The van der Waals surface area contributed by atoms with Crippen molar-refractivity contribution in [3.8, 4) is 5.69 Å². The zero-order chi connectivity index (χ0) is 15.8. The second kappa shape index (κ2) is 7.87. The third kappa shape index (κ3) is 4.66. The molecule has 0 spiro atoms. The van der Waals surface area contributed by atoms with Gasteiger partial charge in [-0.3, -0.25) is 5.41 Å². The molecule has 0 atom stereocenters. The maximum atomic E-state index is 7.03. The van der Waals surface area contributed by atoms with Crippen LogP contribution in [-0.2, 0) is 0 Å². The number of rotatable bonds is 7. The Morgan fingerprint density at radius 3 is 3.05 bits per heavy atom. The Balaban J connectivity index is 2.05. The van der Waals surface area contributed by atoms with Crippen molar-refractivity contribution in [3.63, 3.8) is 0 Å². The molecule has 0 saturated heterocycles. The first kappa shape index (κ1) is 15.6. The minimum atomic E-state index is -0.179. The Hall–Kier alpha value is -2.76. The zero-order valence-electron chi connectivity index (χ0n) is 12.7. The molecule has 0 bridgehead atoms. The number of benzene rings is 1. The van der Waals surface area contributed by atoms with Gasteiger partial charge >= 0.3 is 0 Å². The second-order valence-corrected chi connectivity index (χ2v) is 4.97. The molecule has 6 nitrogen and oxygen atoms in total. The first-order valence-corrected chi connectivity index (χ1v) is 7.34. The highest BCUT2D eigenvalue weighted by Crippen LogP contribution is 2.16. The van der Waals surface area contributed by atoms with Crippen LogP contribution in [0.3, 0.4) is 0 Å². The quantitative estimate of drug-likeness (QED) is 0.274. The highest BCUT2D eigenvalue weighted by Gasteiger charge is 1.99. The summed E-state index contributed by atoms with van der Waals surface area (Å²) in [5.41, 5.74) is 10.7. The van der Waals surface area contributed by atoms with Crippen molar-refractivity contribution < 1.29 is 0 Å². The van der Waals surface area contributed by atoms with Gasteiger partial charge in [-0.2, -0.15) is 5.10 Å². The molecular formula is C16H22N6. The SMILES string of the molecule is CCCCNc1cccc(-n2ccc(/C=N/NC(=N)N)c2)c1. The predicted octanol–water partition coefficient (Wildman–Crippen LogP) is 2.51. The van der Waals surface area contributed by atoms with E-state index in [2.05, 4.69) is 41.0 Å². The van der Waals surface area contributed by atoms with Crippen LogP contribution in [0.15, 0.2) is 47.8 Å². The van der Waals surface area contributed by atoms with Gasteiger partial charge in [-0.1, -0.05) is 19.4 Å². The molecule has 6 heteroatoms. The molecule has 1 aromatic heterocycles. The summed E-state index contributed by atoms with van der Waals surface area (Å²) in [7, 11) is 0. The summed E-state index contributed by atoms with van der Waals surface area (Å²) in [5.74, 6) is -0.179. The van der Waals surface area contributed by atoms with Crippen molar-refractivity contribution in [2.24, 2.45) is 10.8 Å². The van der Waals surface area contributed by atoms with Gasteiger partial charge in [0.25, 0.3) is 0 Å². The minimum absolute atomic E-state index is 0.179. The van der Waals surface area contributed by atoms with Crippen LogP contribution in [0.5, 0.6) is 0 Å². The van der Waals surface area contributed by atoms with Crippen molar-refractivity contribution in [1.29, 1.82) is 5.41 Å². The van der Waals surface area contributed by atoms with Gasteiger partial charge in [0.05, 0.1) is 6.21 Å². The Bertz CT molecular complexity index is 644. The summed E-state index contributed by atoms with van der Waals surface area (Å²) in [6.07, 6.45) is 7.91. The summed E-state index contributed by atoms with van der Waals surface area (Å²) in [4.78, 5) is 0. The standard InChI is InChI=1S/C16H22N6/c1-2-3-8-19-14-5-4-6-15(10-14)22-9-7-13(12-22)11-20-21-16(17)18/h4-7,9-12,19H,2-3,8H2,1H3,(H4,17,18,21)/b20-11+. The Morgan fingerprint density at radius 1 is 1.41 bits per heavy atom. The van der Waals surface area contributed by atoms with Gasteiger partial charge in [0.1, 0.15) is 0 Å². The molecule has 0 saturated carbocycles. The van der Waals surface area contributed by atoms with Crippen molar-refractivity contribution in [2.75, 3.05) is 11.9 Å². The number of aromatic nitrogens is 1. The number of nitrogens with zero attached hydrogens (tertiary/aromatic N) is 2. The van der Waals surface area contributed by atoms with Crippen LogP contribution in [0, 0.1) is 5.41 Å². The van der Waals surface area contributed by atoms with Crippen LogP contribution in [0.25, 0.3) is 5.69 Å². The van der Waals surface area contributed by atoms with Gasteiger partial charge in [-0.15, -0.1) is 0 Å². The van der Waals surface area contributed by atoms with E-state index in [0.29, 0.717) is 0 Å². The van der Waals surface area contributed by atoms with Crippen LogP contribution >= 0.6 is 0 Å². The number of nitrogens with one attached hydrogen (secondary N) is 3. The van der Waals surface area contributed by atoms with Crippen molar-refractivity contribution in [1.82, 2.24) is 9.99 Å². The molecule has 1 aromatic carbocycles. The topological polar surface area (TPSA) is 91.2 Å². The molecule has 0 aliphatic rings. The van der Waals surface area contributed by atoms with E-state index in [4.69, 9.17) is 11.1 Å². The summed E-state index contributed by atoms with van der Waals surface area (Å²) in [5, 5.41) is 14.3. The third-order valence-corrected chi connectivity index (χ3v) is 3.12. The number of anilines is 1. The smallest absolute Gasteiger partial charge is 0.206 e. The van der Waals surface area contributed by atoms with E-state index in [1.54, 1.807) is 6.21 Å². The molecule has 0 unspecified atom stereocenters. The number of nitrogens with two attached hydrogens (primary N) is 1. The average molecular weight is 298 g/mol. The lowest BCUT2D eigenvalue weighted by molar-refractivity contribution is 0.834. The van der Waals surface area contributed by atoms with Crippen molar-refractivity contribution >= 4 is 17.9 Å². The van der Waals surface area contributed by atoms with E-state index in [9.17, 15) is 0 Å². The lowest BCUT2D eigenvalue weighted by Crippen LogP contribution is -2.25. The highest BCUT2D eigenvalue weighted by molar-refractivity contribution is 5.81. The molecule has 0 amide bonds. The summed E-state index contributed by atoms with van der Waals surface area (Å²) in [6.45, 7) is 3.17. The van der Waals surface area contributed by atoms with Gasteiger partial charge in [0.15, 0.2) is 0 Å². The number of hydrogen-bond donors (Lipinski definition) is 4. The number of guanidine groups is 1. The fourth-order valence-electron chi connectivity index (χ4n) is 2.01. The number of unbranched alkanes of at least 4 members (excludes halogenated alkanes) is 1. The molecular weight excluding hydrogens is 276 g/mol. The van der Waals surface area contributed by atoms with Crippen LogP contribution < -0.4 is 16.5 Å². The van der Waals surface area contributed by atoms with E-state index < -0.39 is 0 Å². The number of hydrogen-bond acceptors (Lipinski definition) is 3. The van der Waals surface area contributed by atoms with Crippen LogP contribution in [0.4, 0.5) is 5.69 Å². The third-order valence-electron chi connectivity index (χ3n) is 3.12. The van der Waals surface area contributed by atoms with E-state index in [1.165, 1.54) is 6.42 Å². The maximum absolute atomic E-state index is 7.03. The molecule has 2 aromatic rings. The maximum Gasteiger partial charge on any atom is 0.206 e. The van der Waals surface area contributed by atoms with Gasteiger partial charge in [-0.25, -0.2) is 5.43 Å². The zero-order valence-corrected chi connectivity index (χ0v) is 12.7. The fourth-order valence-corrected chi connectivity index (χ4v) is 2.01. The second-order valence-electron chi connectivity index (χ2n) is 4.97. The van der Waals surface area contributed by atoms with Crippen molar-refractivity contribution in [2.45, 2.75) is 19.8 Å². The first-order valence-electron chi connectivity index (χ1n) is 7.34. The van der Waals surface area contributed by atoms with Crippen LogP contribution in [0.2, 0.25) is 0 Å². The first-order chi connectivity index (χ1) is 10.7. The lowest BCUT2D eigenvalue weighted by Gasteiger charge is -2.08. The van der Waals surface area contributed by atoms with E-state index >= 15 is 0 Å². The molecule has 0 aliphatic carbocycles. The molecule has 0 aliphatic heterocycles. The molecule has 2 rings (SSSR count). The van der Waals surface area contributed by atoms with Gasteiger partial charge in [0, 0.05) is 35.9 Å². The predicted molar refractivity (Wildman–Crippen MR) is 91.8 cm³/mol. The van der Waals surface area contributed by atoms with Crippen LogP contribution in [0.1, 0.15) is 25.3 Å². The van der Waals surface area contributed by atoms with Gasteiger partial charge in [0.2, 0.25) is 5.96 Å². The summed E-state index contributed by atoms with van der Waals surface area (Å²) >= 11 is 0. The Morgan fingerprint density at radius 2 is 2.27 bits per heavy atom. The average Bonchev–Trinajstić information content (AvgIpc) is 2.96.